The van der Waals surface area contributed by atoms with Crippen molar-refractivity contribution in [2.75, 3.05) is 7.05 Å². The van der Waals surface area contributed by atoms with Gasteiger partial charge in [-0.25, -0.2) is 4.98 Å². The lowest BCUT2D eigenvalue weighted by Crippen LogP contribution is -2.17. The fourth-order valence-electron chi connectivity index (χ4n) is 1.76. The van der Waals surface area contributed by atoms with E-state index in [9.17, 15) is 0 Å². The van der Waals surface area contributed by atoms with E-state index in [4.69, 9.17) is 0 Å². The predicted molar refractivity (Wildman–Crippen MR) is 73.6 cm³/mol. The molecule has 1 heterocycles. The summed E-state index contributed by atoms with van der Waals surface area (Å²) in [4.78, 5) is 6.51. The van der Waals surface area contributed by atoms with Gasteiger partial charge in [0.15, 0.2) is 0 Å². The van der Waals surface area contributed by atoms with Gasteiger partial charge in [-0.1, -0.05) is 36.4 Å². The zero-order chi connectivity index (χ0) is 12.1. The van der Waals surface area contributed by atoms with E-state index in [1.807, 2.05) is 18.3 Å². The first-order valence-corrected chi connectivity index (χ1v) is 6.36. The average Bonchev–Trinajstić information content (AvgIpc) is 2.33. The van der Waals surface area contributed by atoms with Crippen LogP contribution in [-0.2, 0) is 13.1 Å². The molecule has 88 valence electrons. The summed E-state index contributed by atoms with van der Waals surface area (Å²) in [5.41, 5.74) is 2.56. The monoisotopic (exact) mass is 290 g/mol. The number of nitrogens with zero attached hydrogens (tertiary/aromatic N) is 2. The molecule has 0 spiro atoms. The summed E-state index contributed by atoms with van der Waals surface area (Å²) in [6, 6.07) is 14.6. The van der Waals surface area contributed by atoms with Gasteiger partial charge in [-0.2, -0.15) is 0 Å². The van der Waals surface area contributed by atoms with Crippen LogP contribution >= 0.6 is 15.9 Å². The van der Waals surface area contributed by atoms with Gasteiger partial charge in [0.25, 0.3) is 0 Å². The molecule has 2 aromatic rings. The SMILES string of the molecule is CN(Cc1ccccc1)Cc1ccc(Br)nc1. The largest absolute Gasteiger partial charge is 0.298 e. The van der Waals surface area contributed by atoms with Crippen molar-refractivity contribution < 1.29 is 0 Å². The van der Waals surface area contributed by atoms with Gasteiger partial charge in [0, 0.05) is 19.3 Å². The van der Waals surface area contributed by atoms with Gasteiger partial charge in [-0.3, -0.25) is 4.90 Å². The molecule has 0 aliphatic carbocycles. The minimum Gasteiger partial charge on any atom is -0.298 e. The molecule has 0 fully saturated rings. The summed E-state index contributed by atoms with van der Waals surface area (Å²) >= 11 is 3.34. The van der Waals surface area contributed by atoms with Crippen LogP contribution in [0.15, 0.2) is 53.3 Å². The van der Waals surface area contributed by atoms with Gasteiger partial charge in [0.2, 0.25) is 0 Å². The number of hydrogen-bond acceptors (Lipinski definition) is 2. The molecule has 2 rings (SSSR count). The standard InChI is InChI=1S/C14H15BrN2/c1-17(10-12-5-3-2-4-6-12)11-13-7-8-14(15)16-9-13/h2-9H,10-11H2,1H3. The van der Waals surface area contributed by atoms with E-state index in [0.717, 1.165) is 17.7 Å². The first-order valence-electron chi connectivity index (χ1n) is 5.57. The predicted octanol–water partition coefficient (Wildman–Crippen LogP) is 3.48. The highest BCUT2D eigenvalue weighted by Crippen LogP contribution is 2.10. The van der Waals surface area contributed by atoms with Crippen molar-refractivity contribution in [3.8, 4) is 0 Å². The zero-order valence-electron chi connectivity index (χ0n) is 9.81. The van der Waals surface area contributed by atoms with E-state index < -0.39 is 0 Å². The first kappa shape index (κ1) is 12.3. The van der Waals surface area contributed by atoms with E-state index in [1.54, 1.807) is 0 Å². The highest BCUT2D eigenvalue weighted by Gasteiger charge is 2.01. The third kappa shape index (κ3) is 3.95. The Morgan fingerprint density at radius 1 is 1.00 bits per heavy atom. The van der Waals surface area contributed by atoms with E-state index >= 15 is 0 Å². The number of rotatable bonds is 4. The molecule has 0 aliphatic rings. The molecule has 2 nitrogen and oxygen atoms in total. The summed E-state index contributed by atoms with van der Waals surface area (Å²) in [6.45, 7) is 1.87. The van der Waals surface area contributed by atoms with E-state index in [0.29, 0.717) is 0 Å². The Hall–Kier alpha value is -1.19. The molecule has 0 bridgehead atoms. The Bertz CT molecular complexity index is 453. The normalized spacial score (nSPS) is 10.8. The maximum absolute atomic E-state index is 4.23. The molecule has 17 heavy (non-hydrogen) atoms. The van der Waals surface area contributed by atoms with Gasteiger partial charge < -0.3 is 0 Å². The van der Waals surface area contributed by atoms with Crippen LogP contribution in [0.5, 0.6) is 0 Å². The van der Waals surface area contributed by atoms with Crippen molar-refractivity contribution in [1.29, 1.82) is 0 Å². The summed E-state index contributed by atoms with van der Waals surface area (Å²) < 4.78 is 0.881. The first-order chi connectivity index (χ1) is 8.24. The molecule has 0 saturated carbocycles. The molecule has 0 N–H and O–H groups in total. The Morgan fingerprint density at radius 2 is 1.71 bits per heavy atom. The van der Waals surface area contributed by atoms with Crippen LogP contribution in [0.1, 0.15) is 11.1 Å². The maximum Gasteiger partial charge on any atom is 0.106 e. The van der Waals surface area contributed by atoms with Crippen LogP contribution in [0.25, 0.3) is 0 Å². The number of benzene rings is 1. The highest BCUT2D eigenvalue weighted by atomic mass is 79.9. The number of hydrogen-bond donors (Lipinski definition) is 0. The van der Waals surface area contributed by atoms with E-state index in [2.05, 4.69) is 63.2 Å². The molecule has 0 saturated heterocycles. The molecule has 1 aromatic heterocycles. The minimum absolute atomic E-state index is 0.881. The van der Waals surface area contributed by atoms with Crippen LogP contribution in [0.4, 0.5) is 0 Å². The van der Waals surface area contributed by atoms with Gasteiger partial charge in [0.05, 0.1) is 0 Å². The summed E-state index contributed by atoms with van der Waals surface area (Å²) in [5.74, 6) is 0. The van der Waals surface area contributed by atoms with Crippen molar-refractivity contribution in [3.63, 3.8) is 0 Å². The van der Waals surface area contributed by atoms with E-state index in [1.165, 1.54) is 11.1 Å². The number of pyridine rings is 1. The minimum atomic E-state index is 0.881. The van der Waals surface area contributed by atoms with Crippen LogP contribution in [0.3, 0.4) is 0 Å². The molecule has 0 radical (unpaired) electrons. The number of halogens is 1. The Balaban J connectivity index is 1.93. The third-order valence-electron chi connectivity index (χ3n) is 2.54. The molecule has 0 unspecified atom stereocenters. The summed E-state index contributed by atoms with van der Waals surface area (Å²) in [7, 11) is 2.12. The lowest BCUT2D eigenvalue weighted by Gasteiger charge is -2.16. The summed E-state index contributed by atoms with van der Waals surface area (Å²) in [5, 5.41) is 0. The average molecular weight is 291 g/mol. The Labute approximate surface area is 110 Å². The van der Waals surface area contributed by atoms with Crippen LogP contribution in [0, 0.1) is 0 Å². The smallest absolute Gasteiger partial charge is 0.106 e. The second-order valence-corrected chi connectivity index (χ2v) is 4.96. The molecule has 0 atom stereocenters. The molecule has 3 heteroatoms. The van der Waals surface area contributed by atoms with Gasteiger partial charge in [0.1, 0.15) is 4.60 Å². The topological polar surface area (TPSA) is 16.1 Å². The second-order valence-electron chi connectivity index (χ2n) is 4.15. The lowest BCUT2D eigenvalue weighted by molar-refractivity contribution is 0.318. The van der Waals surface area contributed by atoms with Gasteiger partial charge >= 0.3 is 0 Å². The van der Waals surface area contributed by atoms with Crippen molar-refractivity contribution >= 4 is 15.9 Å². The van der Waals surface area contributed by atoms with Gasteiger partial charge in [-0.05, 0) is 40.2 Å². The number of aromatic nitrogens is 1. The molecule has 0 amide bonds. The second kappa shape index (κ2) is 5.94. The Kier molecular flexibility index (Phi) is 4.29. The zero-order valence-corrected chi connectivity index (χ0v) is 11.4. The lowest BCUT2D eigenvalue weighted by atomic mass is 10.2. The highest BCUT2D eigenvalue weighted by molar-refractivity contribution is 9.10. The molecule has 1 aromatic carbocycles. The fourth-order valence-corrected chi connectivity index (χ4v) is 2.00. The molecular weight excluding hydrogens is 276 g/mol. The van der Waals surface area contributed by atoms with Crippen LogP contribution in [-0.4, -0.2) is 16.9 Å². The van der Waals surface area contributed by atoms with Crippen molar-refractivity contribution in [1.82, 2.24) is 9.88 Å². The van der Waals surface area contributed by atoms with Crippen LogP contribution in [0.2, 0.25) is 0 Å². The van der Waals surface area contributed by atoms with Crippen molar-refractivity contribution in [3.05, 3.63) is 64.4 Å². The third-order valence-corrected chi connectivity index (χ3v) is 3.01. The van der Waals surface area contributed by atoms with Crippen molar-refractivity contribution in [2.24, 2.45) is 0 Å². The van der Waals surface area contributed by atoms with Crippen LogP contribution < -0.4 is 0 Å². The Morgan fingerprint density at radius 3 is 2.35 bits per heavy atom. The fraction of sp³-hybridized carbons (Fsp3) is 0.214. The van der Waals surface area contributed by atoms with Crippen molar-refractivity contribution in [2.45, 2.75) is 13.1 Å². The van der Waals surface area contributed by atoms with Gasteiger partial charge in [-0.15, -0.1) is 0 Å². The van der Waals surface area contributed by atoms with E-state index in [-0.39, 0.29) is 0 Å². The summed E-state index contributed by atoms with van der Waals surface area (Å²) in [6.07, 6.45) is 1.91. The molecule has 0 aliphatic heterocycles. The maximum atomic E-state index is 4.23. The molecular formula is C14H15BrN2. The quantitative estimate of drug-likeness (QED) is 0.802.